The van der Waals surface area contributed by atoms with E-state index in [0.717, 1.165) is 0 Å². The van der Waals surface area contributed by atoms with Crippen molar-refractivity contribution in [1.29, 1.82) is 0 Å². The molecule has 0 aliphatic carbocycles. The van der Waals surface area contributed by atoms with Gasteiger partial charge in [0.2, 0.25) is 0 Å². The molecule has 5 heavy (non-hydrogen) atoms. The van der Waals surface area contributed by atoms with Crippen molar-refractivity contribution >= 4 is 6.40 Å². The molecular weight excluding hydrogens is 68.0 g/mol. The van der Waals surface area contributed by atoms with Crippen molar-refractivity contribution in [3.05, 3.63) is 4.95 Å². The number of rotatable bonds is 0. The molecule has 3 heteroatoms. The lowest BCUT2D eigenvalue weighted by Gasteiger charge is -1.66. The summed E-state index contributed by atoms with van der Waals surface area (Å²) in [5.41, 5.74) is 0. The van der Waals surface area contributed by atoms with E-state index in [9.17, 15) is 0 Å². The quantitative estimate of drug-likeness (QED) is 0.210. The Balaban J connectivity index is 3.04. The van der Waals surface area contributed by atoms with Crippen LogP contribution in [0.15, 0.2) is 5.10 Å². The third kappa shape index (κ3) is 2.96. The Kier molecular flexibility index (Phi) is 2.34. The third-order valence-electron chi connectivity index (χ3n) is 0.114. The minimum Gasteiger partial charge on any atom is -0.859 e. The molecule has 0 aliphatic rings. The third-order valence-corrected chi connectivity index (χ3v) is 0.114. The molecule has 0 N–H and O–H groups in total. The topological polar surface area (TPSA) is 39.8 Å². The molecule has 0 rings (SSSR count). The summed E-state index contributed by atoms with van der Waals surface area (Å²) in [7, 11) is 0. The molecule has 0 fully saturated rings. The summed E-state index contributed by atoms with van der Waals surface area (Å²) in [6.45, 7) is 4.37. The Labute approximate surface area is 29.4 Å². The highest BCUT2D eigenvalue weighted by molar-refractivity contribution is 5.40. The highest BCUT2D eigenvalue weighted by Crippen LogP contribution is 1.52. The Morgan fingerprint density at radius 1 is 2.00 bits per heavy atom. The summed E-state index contributed by atoms with van der Waals surface area (Å²) < 4.78 is 0. The molecule has 0 saturated carbocycles. The second kappa shape index (κ2) is 2.96. The highest BCUT2D eigenvalue weighted by Gasteiger charge is 1.50. The zero-order chi connectivity index (χ0) is 4.12. The van der Waals surface area contributed by atoms with Crippen LogP contribution in [0.3, 0.4) is 0 Å². The van der Waals surface area contributed by atoms with E-state index in [1.54, 1.807) is 0 Å². The van der Waals surface area contributed by atoms with E-state index in [0.29, 0.717) is 0 Å². The monoisotopic (exact) mass is 70.0 g/mol. The van der Waals surface area contributed by atoms with Gasteiger partial charge < -0.3 is 5.11 Å². The summed E-state index contributed by atoms with van der Waals surface area (Å²) in [5.74, 6) is 0. The van der Waals surface area contributed by atoms with Gasteiger partial charge in [0, 0.05) is 6.40 Å². The van der Waals surface area contributed by atoms with Gasteiger partial charge in [-0.05, 0) is 0 Å². The molecule has 0 aliphatic heterocycles. The predicted molar refractivity (Wildman–Crippen MR) is 16.8 cm³/mol. The van der Waals surface area contributed by atoms with Gasteiger partial charge in [-0.1, -0.05) is 0 Å². The summed E-state index contributed by atoms with van der Waals surface area (Å²) >= 11 is 0. The van der Waals surface area contributed by atoms with Crippen LogP contribution >= 0.6 is 0 Å². The first-order chi connectivity index (χ1) is 2.41. The van der Waals surface area contributed by atoms with Crippen molar-refractivity contribution in [1.82, 2.24) is 0 Å². The first-order valence-electron chi connectivity index (χ1n) is 0.952. The van der Waals surface area contributed by atoms with Gasteiger partial charge >= 0.3 is 6.57 Å². The van der Waals surface area contributed by atoms with Crippen molar-refractivity contribution < 1.29 is 5.11 Å². The molecule has 0 saturated heterocycles. The average Bonchev–Trinajstić information content (AvgIpc) is 1.41. The molecule has 0 heterocycles. The van der Waals surface area contributed by atoms with Crippen molar-refractivity contribution in [3.63, 3.8) is 0 Å². The van der Waals surface area contributed by atoms with Gasteiger partial charge in [0.15, 0.2) is 0 Å². The second-order valence-corrected chi connectivity index (χ2v) is 0.336. The Bertz CT molecular complexity index is 70.2. The summed E-state index contributed by atoms with van der Waals surface area (Å²) in [6, 6.07) is 0. The molecule has 0 bridgehead atoms. The van der Waals surface area contributed by atoms with Crippen LogP contribution in [0.4, 0.5) is 0 Å². The lowest BCUT2D eigenvalue weighted by molar-refractivity contribution is -0.200. The van der Waals surface area contributed by atoms with E-state index in [-0.39, 0.29) is 6.40 Å². The molecule has 0 aromatic carbocycles. The average molecular weight is 70.1 g/mol. The molecular formula is C2H2N2O. The molecule has 0 unspecified atom stereocenters. The zero-order valence-corrected chi connectivity index (χ0v) is 2.46. The van der Waals surface area contributed by atoms with Crippen molar-refractivity contribution in [2.24, 2.45) is 5.10 Å². The van der Waals surface area contributed by atoms with Gasteiger partial charge in [-0.3, -0.25) is 0 Å². The van der Waals surface area contributed by atoms with E-state index >= 15 is 0 Å². The van der Waals surface area contributed by atoms with E-state index in [1.807, 2.05) is 0 Å². The fourth-order valence-corrected chi connectivity index (χ4v) is 0.0272. The van der Waals surface area contributed by atoms with Gasteiger partial charge in [-0.2, -0.15) is 0 Å². The SMILES string of the molecule is C#[N+]/N=C/[O-]. The van der Waals surface area contributed by atoms with Crippen LogP contribution < -0.4 is 5.11 Å². The maximum Gasteiger partial charge on any atom is 0.307 e. The molecule has 0 aromatic heterocycles. The standard InChI is InChI=1S/C2H2N2O/c1-3-4-2-5/h1-2H. The zero-order valence-electron chi connectivity index (χ0n) is 2.46. The molecule has 26 valence electrons. The maximum atomic E-state index is 9.06. The van der Waals surface area contributed by atoms with Crippen molar-refractivity contribution in [3.8, 4) is 6.57 Å². The minimum atomic E-state index is 0.264. The predicted octanol–water partition coefficient (Wildman–Crippen LogP) is -0.747. The van der Waals surface area contributed by atoms with E-state index in [1.165, 1.54) is 0 Å². The molecule has 0 aromatic rings. The molecule has 0 radical (unpaired) electrons. The first-order valence-corrected chi connectivity index (χ1v) is 0.952. The fourth-order valence-electron chi connectivity index (χ4n) is 0.0272. The van der Waals surface area contributed by atoms with Crippen LogP contribution in [-0.4, -0.2) is 6.40 Å². The van der Waals surface area contributed by atoms with Gasteiger partial charge in [0.25, 0.3) is 0 Å². The number of hydrogen-bond donors (Lipinski definition) is 0. The normalized spacial score (nSPS) is 7.80. The largest absolute Gasteiger partial charge is 0.859 e. The second-order valence-electron chi connectivity index (χ2n) is 0.336. The van der Waals surface area contributed by atoms with Crippen molar-refractivity contribution in [2.45, 2.75) is 0 Å². The molecule has 0 atom stereocenters. The summed E-state index contributed by atoms with van der Waals surface area (Å²) in [6.07, 6.45) is 0.264. The van der Waals surface area contributed by atoms with Crippen LogP contribution in [0.2, 0.25) is 0 Å². The van der Waals surface area contributed by atoms with E-state index in [2.05, 4.69) is 16.6 Å². The summed E-state index contributed by atoms with van der Waals surface area (Å²) in [5, 5.41) is 11.8. The molecule has 0 spiro atoms. The lowest BCUT2D eigenvalue weighted by atomic mass is 11.5. The van der Waals surface area contributed by atoms with Crippen molar-refractivity contribution in [2.75, 3.05) is 0 Å². The van der Waals surface area contributed by atoms with E-state index < -0.39 is 0 Å². The lowest BCUT2D eigenvalue weighted by Crippen LogP contribution is -1.93. The van der Waals surface area contributed by atoms with Crippen LogP contribution in [0.5, 0.6) is 0 Å². The van der Waals surface area contributed by atoms with Gasteiger partial charge in [0.05, 0.1) is 0 Å². The molecule has 0 amide bonds. The highest BCUT2D eigenvalue weighted by atomic mass is 16.3. The Morgan fingerprint density at radius 2 is 2.60 bits per heavy atom. The Hall–Kier alpha value is -1.04. The fraction of sp³-hybridized carbons (Fsp3) is 0. The van der Waals surface area contributed by atoms with Crippen LogP contribution in [0, 0.1) is 6.57 Å². The van der Waals surface area contributed by atoms with Gasteiger partial charge in [0.1, 0.15) is 10.1 Å². The smallest absolute Gasteiger partial charge is 0.307 e. The summed E-state index contributed by atoms with van der Waals surface area (Å²) in [4.78, 5) is 2.61. The maximum absolute atomic E-state index is 9.06. The number of nitrogens with zero attached hydrogens (tertiary/aromatic N) is 2. The first kappa shape index (κ1) is 3.96. The minimum absolute atomic E-state index is 0.264. The van der Waals surface area contributed by atoms with Crippen LogP contribution in [-0.2, 0) is 0 Å². The van der Waals surface area contributed by atoms with Gasteiger partial charge in [-0.15, -0.1) is 0 Å². The Morgan fingerprint density at radius 3 is 2.60 bits per heavy atom. The van der Waals surface area contributed by atoms with E-state index in [4.69, 9.17) is 5.11 Å². The van der Waals surface area contributed by atoms with Gasteiger partial charge in [-0.25, -0.2) is 0 Å². The van der Waals surface area contributed by atoms with Crippen LogP contribution in [0.1, 0.15) is 0 Å². The number of hydrogen-bond acceptors (Lipinski definition) is 2. The molecule has 3 nitrogen and oxygen atoms in total. The van der Waals surface area contributed by atoms with Crippen LogP contribution in [0.25, 0.3) is 4.95 Å².